The molecule has 0 atom stereocenters. The van der Waals surface area contributed by atoms with E-state index in [2.05, 4.69) is 38.7 Å². The van der Waals surface area contributed by atoms with Gasteiger partial charge in [-0.2, -0.15) is 0 Å². The third kappa shape index (κ3) is 3.48. The SMILES string of the molecule is Cl.Cn1cc(Br)cc1C(=O)Nc1ccc2c(c1)CNCC2. The first-order valence-corrected chi connectivity index (χ1v) is 7.38. The van der Waals surface area contributed by atoms with Crippen molar-refractivity contribution < 1.29 is 4.79 Å². The first-order valence-electron chi connectivity index (χ1n) is 6.59. The number of halogens is 2. The van der Waals surface area contributed by atoms with Crippen LogP contribution in [0, 0.1) is 0 Å². The number of nitrogens with one attached hydrogen (secondary N) is 2. The maximum absolute atomic E-state index is 12.2. The van der Waals surface area contributed by atoms with Crippen LogP contribution in [-0.2, 0) is 20.0 Å². The molecule has 0 spiro atoms. The number of hydrogen-bond acceptors (Lipinski definition) is 2. The van der Waals surface area contributed by atoms with E-state index in [1.165, 1.54) is 11.1 Å². The molecule has 1 aliphatic rings. The van der Waals surface area contributed by atoms with Gasteiger partial charge < -0.3 is 15.2 Å². The van der Waals surface area contributed by atoms with E-state index < -0.39 is 0 Å². The standard InChI is InChI=1S/C15H16BrN3O.ClH/c1-19-9-12(16)7-14(19)15(20)18-13-3-2-10-4-5-17-8-11(10)6-13;/h2-3,6-7,9,17H,4-5,8H2,1H3,(H,18,20);1H. The van der Waals surface area contributed by atoms with Gasteiger partial charge in [0.05, 0.1) is 0 Å². The minimum absolute atomic E-state index is 0. The van der Waals surface area contributed by atoms with E-state index in [0.29, 0.717) is 5.69 Å². The third-order valence-electron chi connectivity index (χ3n) is 3.55. The van der Waals surface area contributed by atoms with E-state index in [-0.39, 0.29) is 18.3 Å². The number of hydrogen-bond donors (Lipinski definition) is 2. The van der Waals surface area contributed by atoms with Gasteiger partial charge in [-0.25, -0.2) is 0 Å². The highest BCUT2D eigenvalue weighted by Crippen LogP contribution is 2.20. The minimum atomic E-state index is -0.0954. The van der Waals surface area contributed by atoms with Gasteiger partial charge in [-0.15, -0.1) is 12.4 Å². The van der Waals surface area contributed by atoms with Crippen LogP contribution < -0.4 is 10.6 Å². The molecular weight excluding hydrogens is 354 g/mol. The van der Waals surface area contributed by atoms with Gasteiger partial charge >= 0.3 is 0 Å². The van der Waals surface area contributed by atoms with Crippen LogP contribution in [0.5, 0.6) is 0 Å². The zero-order valence-electron chi connectivity index (χ0n) is 11.6. The van der Waals surface area contributed by atoms with Crippen LogP contribution in [0.3, 0.4) is 0 Å². The molecule has 0 saturated carbocycles. The summed E-state index contributed by atoms with van der Waals surface area (Å²) in [5.74, 6) is -0.0954. The van der Waals surface area contributed by atoms with Crippen molar-refractivity contribution in [1.29, 1.82) is 0 Å². The maximum atomic E-state index is 12.2. The molecule has 0 bridgehead atoms. The lowest BCUT2D eigenvalue weighted by Gasteiger charge is -2.18. The van der Waals surface area contributed by atoms with Crippen molar-refractivity contribution in [2.75, 3.05) is 11.9 Å². The van der Waals surface area contributed by atoms with E-state index >= 15 is 0 Å². The molecule has 2 heterocycles. The van der Waals surface area contributed by atoms with Gasteiger partial charge in [0.2, 0.25) is 0 Å². The van der Waals surface area contributed by atoms with Crippen molar-refractivity contribution in [1.82, 2.24) is 9.88 Å². The Bertz CT molecular complexity index is 669. The van der Waals surface area contributed by atoms with Crippen molar-refractivity contribution >= 4 is 39.9 Å². The van der Waals surface area contributed by atoms with Crippen LogP contribution >= 0.6 is 28.3 Å². The molecule has 1 aliphatic heterocycles. The molecule has 3 rings (SSSR count). The lowest BCUT2D eigenvalue weighted by atomic mass is 10.0. The number of rotatable bonds is 2. The van der Waals surface area contributed by atoms with E-state index in [9.17, 15) is 4.79 Å². The summed E-state index contributed by atoms with van der Waals surface area (Å²) >= 11 is 3.38. The average molecular weight is 371 g/mol. The van der Waals surface area contributed by atoms with Crippen molar-refractivity contribution in [2.24, 2.45) is 7.05 Å². The number of anilines is 1. The fourth-order valence-corrected chi connectivity index (χ4v) is 3.03. The van der Waals surface area contributed by atoms with Crippen molar-refractivity contribution in [3.8, 4) is 0 Å². The second kappa shape index (κ2) is 6.64. The summed E-state index contributed by atoms with van der Waals surface area (Å²) in [5, 5.41) is 6.30. The first-order chi connectivity index (χ1) is 9.63. The number of nitrogens with zero attached hydrogens (tertiary/aromatic N) is 1. The van der Waals surface area contributed by atoms with Crippen LogP contribution in [0.2, 0.25) is 0 Å². The number of amides is 1. The number of fused-ring (bicyclic) bond motifs is 1. The molecule has 0 unspecified atom stereocenters. The molecule has 0 radical (unpaired) electrons. The molecule has 4 nitrogen and oxygen atoms in total. The van der Waals surface area contributed by atoms with Crippen LogP contribution in [0.4, 0.5) is 5.69 Å². The molecule has 1 aromatic carbocycles. The maximum Gasteiger partial charge on any atom is 0.272 e. The van der Waals surface area contributed by atoms with Gasteiger partial charge in [0.1, 0.15) is 5.69 Å². The highest BCUT2D eigenvalue weighted by molar-refractivity contribution is 9.10. The largest absolute Gasteiger partial charge is 0.345 e. The summed E-state index contributed by atoms with van der Waals surface area (Å²) in [5.41, 5.74) is 4.10. The Kier molecular flexibility index (Phi) is 5.08. The Morgan fingerprint density at radius 2 is 2.14 bits per heavy atom. The van der Waals surface area contributed by atoms with Gasteiger partial charge in [0, 0.05) is 29.9 Å². The lowest BCUT2D eigenvalue weighted by molar-refractivity contribution is 0.101. The summed E-state index contributed by atoms with van der Waals surface area (Å²) < 4.78 is 2.71. The summed E-state index contributed by atoms with van der Waals surface area (Å²) in [6.07, 6.45) is 2.92. The number of carbonyl (C=O) groups excluding carboxylic acids is 1. The molecule has 0 aliphatic carbocycles. The van der Waals surface area contributed by atoms with Gasteiger partial charge in [-0.3, -0.25) is 4.79 Å². The number of benzene rings is 1. The van der Waals surface area contributed by atoms with Crippen LogP contribution in [-0.4, -0.2) is 17.0 Å². The van der Waals surface area contributed by atoms with Crippen molar-refractivity contribution in [3.05, 3.63) is 51.8 Å². The van der Waals surface area contributed by atoms with E-state index in [1.807, 2.05) is 25.4 Å². The molecule has 21 heavy (non-hydrogen) atoms. The van der Waals surface area contributed by atoms with E-state index in [1.54, 1.807) is 4.57 Å². The zero-order valence-corrected chi connectivity index (χ0v) is 14.1. The Labute approximate surface area is 138 Å². The molecule has 0 fully saturated rings. The van der Waals surface area contributed by atoms with Gasteiger partial charge in [-0.05, 0) is 58.2 Å². The third-order valence-corrected chi connectivity index (χ3v) is 3.99. The zero-order chi connectivity index (χ0) is 14.1. The fourth-order valence-electron chi connectivity index (χ4n) is 2.50. The highest BCUT2D eigenvalue weighted by atomic mass is 79.9. The van der Waals surface area contributed by atoms with E-state index in [0.717, 1.165) is 29.7 Å². The summed E-state index contributed by atoms with van der Waals surface area (Å²) in [7, 11) is 1.86. The predicted octanol–water partition coefficient (Wildman–Crippen LogP) is 3.11. The van der Waals surface area contributed by atoms with E-state index in [4.69, 9.17) is 0 Å². The average Bonchev–Trinajstić information content (AvgIpc) is 2.78. The monoisotopic (exact) mass is 369 g/mol. The number of carbonyl (C=O) groups is 1. The second-order valence-electron chi connectivity index (χ2n) is 5.02. The molecule has 1 amide bonds. The quantitative estimate of drug-likeness (QED) is 0.853. The van der Waals surface area contributed by atoms with Gasteiger partial charge in [0.25, 0.3) is 5.91 Å². The Morgan fingerprint density at radius 3 is 2.86 bits per heavy atom. The molecule has 1 aromatic heterocycles. The Morgan fingerprint density at radius 1 is 1.33 bits per heavy atom. The topological polar surface area (TPSA) is 46.1 Å². The highest BCUT2D eigenvalue weighted by Gasteiger charge is 2.13. The fraction of sp³-hybridized carbons (Fsp3) is 0.267. The summed E-state index contributed by atoms with van der Waals surface area (Å²) in [6.45, 7) is 1.89. The van der Waals surface area contributed by atoms with Crippen LogP contribution in [0.25, 0.3) is 0 Å². The molecule has 112 valence electrons. The Hall–Kier alpha value is -1.30. The van der Waals surface area contributed by atoms with Gasteiger partial charge in [-0.1, -0.05) is 6.07 Å². The van der Waals surface area contributed by atoms with Crippen molar-refractivity contribution in [3.63, 3.8) is 0 Å². The molecule has 6 heteroatoms. The molecule has 2 N–H and O–H groups in total. The molecule has 0 saturated heterocycles. The summed E-state index contributed by atoms with van der Waals surface area (Å²) in [4.78, 5) is 12.2. The van der Waals surface area contributed by atoms with Crippen molar-refractivity contribution in [2.45, 2.75) is 13.0 Å². The molecular formula is C15H17BrClN3O. The summed E-state index contributed by atoms with van der Waals surface area (Å²) in [6, 6.07) is 7.94. The Balaban J connectivity index is 0.00000161. The van der Waals surface area contributed by atoms with Gasteiger partial charge in [0.15, 0.2) is 0 Å². The smallest absolute Gasteiger partial charge is 0.272 e. The first kappa shape index (κ1) is 16.1. The van der Waals surface area contributed by atoms with Crippen LogP contribution in [0.1, 0.15) is 21.6 Å². The van der Waals surface area contributed by atoms with Crippen LogP contribution in [0.15, 0.2) is 34.9 Å². The predicted molar refractivity (Wildman–Crippen MR) is 90.2 cm³/mol. The number of aryl methyl sites for hydroxylation is 1. The molecule has 2 aromatic rings. The normalized spacial score (nSPS) is 13.2. The lowest BCUT2D eigenvalue weighted by Crippen LogP contribution is -2.24. The minimum Gasteiger partial charge on any atom is -0.345 e. The second-order valence-corrected chi connectivity index (χ2v) is 5.93. The number of aromatic nitrogens is 1.